The molecule has 1 unspecified atom stereocenters. The van der Waals surface area contributed by atoms with Gasteiger partial charge >= 0.3 is 0 Å². The number of nitrogens with two attached hydrogens (primary N) is 1. The van der Waals surface area contributed by atoms with Gasteiger partial charge in [0.1, 0.15) is 0 Å². The molecular formula is C10H16F2N4O. The van der Waals surface area contributed by atoms with Crippen LogP contribution in [0.25, 0.3) is 0 Å². The molecule has 0 aliphatic rings. The third kappa shape index (κ3) is 3.79. The predicted molar refractivity (Wildman–Crippen MR) is 61.4 cm³/mol. The summed E-state index contributed by atoms with van der Waals surface area (Å²) in [5, 5.41) is 12.0. The first kappa shape index (κ1) is 13.6. The Labute approximate surface area is 98.0 Å². The number of nitrogen functional groups attached to an aromatic ring is 1. The SMILES string of the molecule is CCC(O)CCNc1nc(NN)c(F)cc1F. The van der Waals surface area contributed by atoms with Crippen molar-refractivity contribution in [2.75, 3.05) is 17.3 Å². The maximum Gasteiger partial charge on any atom is 0.178 e. The van der Waals surface area contributed by atoms with Crippen molar-refractivity contribution in [1.82, 2.24) is 4.98 Å². The van der Waals surface area contributed by atoms with Gasteiger partial charge in [-0.2, -0.15) is 0 Å². The molecule has 5 N–H and O–H groups in total. The summed E-state index contributed by atoms with van der Waals surface area (Å²) in [4.78, 5) is 3.63. The molecule has 1 heterocycles. The summed E-state index contributed by atoms with van der Waals surface area (Å²) in [5.41, 5.74) is 2.03. The van der Waals surface area contributed by atoms with Gasteiger partial charge in [-0.05, 0) is 12.8 Å². The Bertz CT molecular complexity index is 376. The highest BCUT2D eigenvalue weighted by Crippen LogP contribution is 2.18. The van der Waals surface area contributed by atoms with Crippen LogP contribution in [-0.4, -0.2) is 22.7 Å². The minimum atomic E-state index is -0.857. The van der Waals surface area contributed by atoms with Crippen molar-refractivity contribution < 1.29 is 13.9 Å². The van der Waals surface area contributed by atoms with Gasteiger partial charge in [-0.15, -0.1) is 0 Å². The number of hydrogen-bond donors (Lipinski definition) is 4. The topological polar surface area (TPSA) is 83.2 Å². The van der Waals surface area contributed by atoms with Crippen molar-refractivity contribution in [3.8, 4) is 0 Å². The van der Waals surface area contributed by atoms with Crippen LogP contribution in [0.3, 0.4) is 0 Å². The third-order valence-electron chi connectivity index (χ3n) is 2.31. The lowest BCUT2D eigenvalue weighted by atomic mass is 10.2. The van der Waals surface area contributed by atoms with Crippen LogP contribution in [0.15, 0.2) is 6.07 Å². The van der Waals surface area contributed by atoms with Gasteiger partial charge < -0.3 is 15.8 Å². The van der Waals surface area contributed by atoms with Gasteiger partial charge in [0.15, 0.2) is 23.3 Å². The van der Waals surface area contributed by atoms with E-state index in [0.29, 0.717) is 25.5 Å². The Kier molecular flexibility index (Phi) is 5.05. The van der Waals surface area contributed by atoms with Gasteiger partial charge in [-0.3, -0.25) is 0 Å². The van der Waals surface area contributed by atoms with E-state index in [4.69, 9.17) is 5.84 Å². The molecule has 0 amide bonds. The number of anilines is 2. The van der Waals surface area contributed by atoms with E-state index < -0.39 is 17.7 Å². The van der Waals surface area contributed by atoms with Crippen LogP contribution in [0.1, 0.15) is 19.8 Å². The first-order valence-corrected chi connectivity index (χ1v) is 5.33. The van der Waals surface area contributed by atoms with Crippen LogP contribution >= 0.6 is 0 Å². The van der Waals surface area contributed by atoms with E-state index >= 15 is 0 Å². The summed E-state index contributed by atoms with van der Waals surface area (Å²) in [7, 11) is 0. The highest BCUT2D eigenvalue weighted by molar-refractivity contribution is 5.46. The van der Waals surface area contributed by atoms with E-state index in [1.165, 1.54) is 0 Å². The third-order valence-corrected chi connectivity index (χ3v) is 2.31. The molecule has 0 fully saturated rings. The lowest BCUT2D eigenvalue weighted by Gasteiger charge is -2.11. The summed E-state index contributed by atoms with van der Waals surface area (Å²) in [6.07, 6.45) is 0.634. The first-order chi connectivity index (χ1) is 8.08. The Balaban J connectivity index is 2.64. The second-order valence-electron chi connectivity index (χ2n) is 3.57. The fourth-order valence-electron chi connectivity index (χ4n) is 1.25. The Morgan fingerprint density at radius 2 is 2.06 bits per heavy atom. The molecule has 1 aromatic rings. The Morgan fingerprint density at radius 1 is 1.41 bits per heavy atom. The summed E-state index contributed by atoms with van der Waals surface area (Å²) in [6, 6.07) is 0.695. The molecule has 5 nitrogen and oxygen atoms in total. The molecule has 0 aromatic carbocycles. The normalized spacial score (nSPS) is 12.3. The summed E-state index contributed by atoms with van der Waals surface area (Å²) < 4.78 is 26.3. The van der Waals surface area contributed by atoms with Gasteiger partial charge in [0.05, 0.1) is 6.10 Å². The molecule has 1 aromatic heterocycles. The molecule has 0 radical (unpaired) electrons. The molecule has 0 spiro atoms. The molecule has 0 saturated carbocycles. The van der Waals surface area contributed by atoms with Crippen LogP contribution in [0.2, 0.25) is 0 Å². The lowest BCUT2D eigenvalue weighted by molar-refractivity contribution is 0.164. The monoisotopic (exact) mass is 246 g/mol. The number of aliphatic hydroxyl groups is 1. The number of halogens is 2. The number of hydrogen-bond acceptors (Lipinski definition) is 5. The minimum Gasteiger partial charge on any atom is -0.393 e. The highest BCUT2D eigenvalue weighted by Gasteiger charge is 2.11. The van der Waals surface area contributed by atoms with Crippen LogP contribution < -0.4 is 16.6 Å². The highest BCUT2D eigenvalue weighted by atomic mass is 19.1. The quantitative estimate of drug-likeness (QED) is 0.448. The predicted octanol–water partition coefficient (Wildman–Crippen LogP) is 1.22. The number of aliphatic hydroxyl groups excluding tert-OH is 1. The van der Waals surface area contributed by atoms with E-state index in [2.05, 4.69) is 10.3 Å². The molecular weight excluding hydrogens is 230 g/mol. The van der Waals surface area contributed by atoms with Crippen molar-refractivity contribution in [3.05, 3.63) is 17.7 Å². The van der Waals surface area contributed by atoms with Crippen LogP contribution in [0.4, 0.5) is 20.4 Å². The lowest BCUT2D eigenvalue weighted by Crippen LogP contribution is -2.16. The summed E-state index contributed by atoms with van der Waals surface area (Å²) in [5.74, 6) is 3.04. The standard InChI is InChI=1S/C10H16F2N4O/c1-2-6(17)3-4-14-9-7(11)5-8(12)10(15-9)16-13/h5-6,17H,2-4,13H2,1H3,(H2,14,15,16). The van der Waals surface area contributed by atoms with Gasteiger partial charge in [-0.1, -0.05) is 6.92 Å². The fraction of sp³-hybridized carbons (Fsp3) is 0.500. The molecule has 1 rings (SSSR count). The fourth-order valence-corrected chi connectivity index (χ4v) is 1.25. The van der Waals surface area contributed by atoms with Crippen molar-refractivity contribution in [3.63, 3.8) is 0 Å². The summed E-state index contributed by atoms with van der Waals surface area (Å²) in [6.45, 7) is 2.19. The zero-order valence-electron chi connectivity index (χ0n) is 9.50. The summed E-state index contributed by atoms with van der Waals surface area (Å²) >= 11 is 0. The molecule has 0 aliphatic carbocycles. The van der Waals surface area contributed by atoms with E-state index in [1.807, 2.05) is 12.3 Å². The van der Waals surface area contributed by atoms with Crippen LogP contribution in [0.5, 0.6) is 0 Å². The molecule has 96 valence electrons. The van der Waals surface area contributed by atoms with Crippen molar-refractivity contribution in [1.29, 1.82) is 0 Å². The van der Waals surface area contributed by atoms with Crippen LogP contribution in [0, 0.1) is 11.6 Å². The van der Waals surface area contributed by atoms with E-state index in [1.54, 1.807) is 0 Å². The number of aromatic nitrogens is 1. The zero-order valence-corrected chi connectivity index (χ0v) is 9.50. The molecule has 1 atom stereocenters. The number of nitrogens with one attached hydrogen (secondary N) is 2. The van der Waals surface area contributed by atoms with Crippen molar-refractivity contribution >= 4 is 11.6 Å². The molecule has 7 heteroatoms. The van der Waals surface area contributed by atoms with Gasteiger partial charge in [0.25, 0.3) is 0 Å². The number of nitrogens with zero attached hydrogens (tertiary/aromatic N) is 1. The van der Waals surface area contributed by atoms with Gasteiger partial charge in [0.2, 0.25) is 0 Å². The van der Waals surface area contributed by atoms with E-state index in [0.717, 1.165) is 0 Å². The average Bonchev–Trinajstić information content (AvgIpc) is 2.31. The van der Waals surface area contributed by atoms with E-state index in [9.17, 15) is 13.9 Å². The second-order valence-corrected chi connectivity index (χ2v) is 3.57. The maximum absolute atomic E-state index is 13.3. The van der Waals surface area contributed by atoms with Gasteiger partial charge in [0, 0.05) is 12.6 Å². The zero-order chi connectivity index (χ0) is 12.8. The molecule has 17 heavy (non-hydrogen) atoms. The molecule has 0 aliphatic heterocycles. The molecule has 0 saturated heterocycles. The Morgan fingerprint density at radius 3 is 2.65 bits per heavy atom. The maximum atomic E-state index is 13.3. The number of hydrazine groups is 1. The molecule has 0 bridgehead atoms. The number of pyridine rings is 1. The smallest absolute Gasteiger partial charge is 0.178 e. The van der Waals surface area contributed by atoms with Gasteiger partial charge in [-0.25, -0.2) is 19.6 Å². The first-order valence-electron chi connectivity index (χ1n) is 5.33. The van der Waals surface area contributed by atoms with E-state index in [-0.39, 0.29) is 11.6 Å². The largest absolute Gasteiger partial charge is 0.393 e. The number of rotatable bonds is 6. The van der Waals surface area contributed by atoms with Crippen molar-refractivity contribution in [2.24, 2.45) is 5.84 Å². The van der Waals surface area contributed by atoms with Crippen molar-refractivity contribution in [2.45, 2.75) is 25.9 Å². The second kappa shape index (κ2) is 6.31. The average molecular weight is 246 g/mol. The minimum absolute atomic E-state index is 0.0948. The van der Waals surface area contributed by atoms with Crippen LogP contribution in [-0.2, 0) is 0 Å². The Hall–Kier alpha value is -1.47.